The third-order valence-electron chi connectivity index (χ3n) is 4.63. The lowest BCUT2D eigenvalue weighted by molar-refractivity contribution is 0.280. The Bertz CT molecular complexity index is 429. The Kier molecular flexibility index (Phi) is 6.52. The Labute approximate surface area is 129 Å². The van der Waals surface area contributed by atoms with Crippen molar-refractivity contribution >= 4 is 0 Å². The molecule has 0 saturated heterocycles. The van der Waals surface area contributed by atoms with Crippen LogP contribution in [0.4, 0.5) is 0 Å². The molecule has 1 atom stereocenters. The summed E-state index contributed by atoms with van der Waals surface area (Å²) in [6, 6.07) is 7.30. The van der Waals surface area contributed by atoms with Crippen LogP contribution in [0, 0.1) is 0 Å². The van der Waals surface area contributed by atoms with E-state index in [1.807, 2.05) is 0 Å². The Hall–Kier alpha value is -1.06. The van der Waals surface area contributed by atoms with Crippen molar-refractivity contribution < 1.29 is 4.74 Å². The van der Waals surface area contributed by atoms with Gasteiger partial charge < -0.3 is 15.0 Å². The van der Waals surface area contributed by atoms with Crippen molar-refractivity contribution in [2.75, 3.05) is 33.3 Å². The highest BCUT2D eigenvalue weighted by Gasteiger charge is 2.13. The molecule has 1 heterocycles. The molecule has 0 amide bonds. The summed E-state index contributed by atoms with van der Waals surface area (Å²) in [4.78, 5) is 2.50. The van der Waals surface area contributed by atoms with Crippen molar-refractivity contribution in [1.29, 1.82) is 0 Å². The zero-order chi connectivity index (χ0) is 15.1. The molecule has 0 saturated carbocycles. The molecule has 1 N–H and O–H groups in total. The first-order chi connectivity index (χ1) is 10.3. The quantitative estimate of drug-likeness (QED) is 0.757. The molecule has 0 bridgehead atoms. The summed E-state index contributed by atoms with van der Waals surface area (Å²) in [5, 5.41) is 3.48. The van der Waals surface area contributed by atoms with Gasteiger partial charge in [-0.15, -0.1) is 0 Å². The van der Waals surface area contributed by atoms with E-state index in [4.69, 9.17) is 4.74 Å². The lowest BCUT2D eigenvalue weighted by Crippen LogP contribution is -2.32. The van der Waals surface area contributed by atoms with Crippen LogP contribution in [-0.2, 0) is 12.8 Å². The van der Waals surface area contributed by atoms with Crippen LogP contribution < -0.4 is 10.1 Å². The van der Waals surface area contributed by atoms with Gasteiger partial charge in [0.1, 0.15) is 5.75 Å². The molecule has 0 aliphatic carbocycles. The molecular weight excluding hydrogens is 260 g/mol. The van der Waals surface area contributed by atoms with Crippen LogP contribution in [-0.4, -0.2) is 44.2 Å². The second kappa shape index (κ2) is 8.40. The van der Waals surface area contributed by atoms with Crippen LogP contribution in [0.3, 0.4) is 0 Å². The van der Waals surface area contributed by atoms with Gasteiger partial charge in [0.05, 0.1) is 6.61 Å². The number of fused-ring (bicyclic) bond motifs is 1. The molecule has 1 aliphatic rings. The average Bonchev–Trinajstić information content (AvgIpc) is 2.98. The maximum atomic E-state index is 5.57. The molecular formula is C18H30N2O. The molecule has 0 fully saturated rings. The predicted molar refractivity (Wildman–Crippen MR) is 89.2 cm³/mol. The largest absolute Gasteiger partial charge is 0.493 e. The Morgan fingerprint density at radius 3 is 2.76 bits per heavy atom. The second-order valence-corrected chi connectivity index (χ2v) is 5.88. The van der Waals surface area contributed by atoms with Crippen molar-refractivity contribution in [1.82, 2.24) is 10.2 Å². The zero-order valence-corrected chi connectivity index (χ0v) is 13.8. The van der Waals surface area contributed by atoms with E-state index >= 15 is 0 Å². The average molecular weight is 290 g/mol. The van der Waals surface area contributed by atoms with Gasteiger partial charge in [-0.3, -0.25) is 0 Å². The van der Waals surface area contributed by atoms with Crippen molar-refractivity contribution in [2.24, 2.45) is 0 Å². The molecule has 1 unspecified atom stereocenters. The number of nitrogens with one attached hydrogen (secondary N) is 1. The molecule has 3 nitrogen and oxygen atoms in total. The second-order valence-electron chi connectivity index (χ2n) is 5.88. The molecule has 0 radical (unpaired) electrons. The molecule has 2 rings (SSSR count). The van der Waals surface area contributed by atoms with E-state index in [0.717, 1.165) is 38.3 Å². The summed E-state index contributed by atoms with van der Waals surface area (Å²) in [5.74, 6) is 1.09. The van der Waals surface area contributed by atoms with Gasteiger partial charge in [-0.05, 0) is 63.1 Å². The van der Waals surface area contributed by atoms with Gasteiger partial charge >= 0.3 is 0 Å². The van der Waals surface area contributed by atoms with Crippen molar-refractivity contribution in [3.63, 3.8) is 0 Å². The Morgan fingerprint density at radius 1 is 1.24 bits per heavy atom. The van der Waals surface area contributed by atoms with Gasteiger partial charge in [-0.25, -0.2) is 0 Å². The number of nitrogens with zero attached hydrogens (tertiary/aromatic N) is 1. The van der Waals surface area contributed by atoms with E-state index in [9.17, 15) is 0 Å². The van der Waals surface area contributed by atoms with Crippen molar-refractivity contribution in [3.05, 3.63) is 29.3 Å². The maximum absolute atomic E-state index is 5.57. The summed E-state index contributed by atoms with van der Waals surface area (Å²) >= 11 is 0. The summed E-state index contributed by atoms with van der Waals surface area (Å²) in [6.45, 7) is 8.82. The van der Waals surface area contributed by atoms with Crippen molar-refractivity contribution in [3.8, 4) is 5.75 Å². The van der Waals surface area contributed by atoms with Gasteiger partial charge in [0.15, 0.2) is 0 Å². The highest BCUT2D eigenvalue weighted by Crippen LogP contribution is 2.26. The van der Waals surface area contributed by atoms with Crippen LogP contribution in [0.2, 0.25) is 0 Å². The highest BCUT2D eigenvalue weighted by atomic mass is 16.5. The lowest BCUT2D eigenvalue weighted by atomic mass is 10.0. The molecule has 3 heteroatoms. The smallest absolute Gasteiger partial charge is 0.122 e. The molecule has 1 aromatic carbocycles. The van der Waals surface area contributed by atoms with E-state index in [2.05, 4.69) is 49.3 Å². The van der Waals surface area contributed by atoms with Crippen molar-refractivity contribution in [2.45, 2.75) is 45.6 Å². The minimum Gasteiger partial charge on any atom is -0.493 e. The SMILES string of the molecule is CCN(CC)CCC(CCc1ccc2c(c1)CCO2)NC. The topological polar surface area (TPSA) is 24.5 Å². The van der Waals surface area contributed by atoms with Crippen LogP contribution in [0.1, 0.15) is 37.8 Å². The van der Waals surface area contributed by atoms with Gasteiger partial charge in [0.25, 0.3) is 0 Å². The van der Waals surface area contributed by atoms with E-state index in [1.54, 1.807) is 0 Å². The molecule has 1 aromatic rings. The summed E-state index contributed by atoms with van der Waals surface area (Å²) in [6.07, 6.45) is 4.65. The Morgan fingerprint density at radius 2 is 2.05 bits per heavy atom. The predicted octanol–water partition coefficient (Wildman–Crippen LogP) is 2.87. The minimum atomic E-state index is 0.607. The lowest BCUT2D eigenvalue weighted by Gasteiger charge is -2.22. The van der Waals surface area contributed by atoms with E-state index in [1.165, 1.54) is 30.5 Å². The van der Waals surface area contributed by atoms with E-state index < -0.39 is 0 Å². The zero-order valence-electron chi connectivity index (χ0n) is 13.8. The van der Waals surface area contributed by atoms with Gasteiger partial charge in [0, 0.05) is 12.5 Å². The maximum Gasteiger partial charge on any atom is 0.122 e. The van der Waals surface area contributed by atoms with Gasteiger partial charge in [-0.2, -0.15) is 0 Å². The fourth-order valence-electron chi connectivity index (χ4n) is 3.05. The Balaban J connectivity index is 1.79. The molecule has 0 aromatic heterocycles. The number of benzene rings is 1. The summed E-state index contributed by atoms with van der Waals surface area (Å²) in [7, 11) is 2.09. The summed E-state index contributed by atoms with van der Waals surface area (Å²) < 4.78 is 5.57. The summed E-state index contributed by atoms with van der Waals surface area (Å²) in [5.41, 5.74) is 2.83. The first-order valence-electron chi connectivity index (χ1n) is 8.41. The number of hydrogen-bond acceptors (Lipinski definition) is 3. The first-order valence-corrected chi connectivity index (χ1v) is 8.41. The van der Waals surface area contributed by atoms with Crippen LogP contribution in [0.5, 0.6) is 5.75 Å². The van der Waals surface area contributed by atoms with Gasteiger partial charge in [-0.1, -0.05) is 26.0 Å². The molecule has 118 valence electrons. The fraction of sp³-hybridized carbons (Fsp3) is 0.667. The molecule has 1 aliphatic heterocycles. The van der Waals surface area contributed by atoms with Crippen LogP contribution in [0.25, 0.3) is 0 Å². The highest BCUT2D eigenvalue weighted by molar-refractivity contribution is 5.39. The molecule has 21 heavy (non-hydrogen) atoms. The first kappa shape index (κ1) is 16.3. The van der Waals surface area contributed by atoms with Crippen LogP contribution in [0.15, 0.2) is 18.2 Å². The number of aryl methyl sites for hydroxylation is 1. The third-order valence-corrected chi connectivity index (χ3v) is 4.63. The van der Waals surface area contributed by atoms with E-state index in [0.29, 0.717) is 6.04 Å². The monoisotopic (exact) mass is 290 g/mol. The fourth-order valence-corrected chi connectivity index (χ4v) is 3.05. The van der Waals surface area contributed by atoms with Crippen LogP contribution >= 0.6 is 0 Å². The number of ether oxygens (including phenoxy) is 1. The van der Waals surface area contributed by atoms with E-state index in [-0.39, 0.29) is 0 Å². The standard InChI is InChI=1S/C18H30N2O/c1-4-20(5-2)12-10-17(19-3)8-6-15-7-9-18-16(14-15)11-13-21-18/h7,9,14,17,19H,4-6,8,10-13H2,1-3H3. The minimum absolute atomic E-state index is 0.607. The number of hydrogen-bond donors (Lipinski definition) is 1. The molecule has 0 spiro atoms. The third kappa shape index (κ3) is 4.72. The van der Waals surface area contributed by atoms with Gasteiger partial charge in [0.2, 0.25) is 0 Å². The normalized spacial score (nSPS) is 15.0. The number of rotatable bonds is 9.